The lowest BCUT2D eigenvalue weighted by atomic mass is 10.2. The number of aryl methyl sites for hydroxylation is 1. The Morgan fingerprint density at radius 1 is 1.04 bits per heavy atom. The molecule has 5 nitrogen and oxygen atoms in total. The number of fused-ring (bicyclic) bond motifs is 1. The topological polar surface area (TPSA) is 53.1 Å². The SMILES string of the molecule is C(=Cc1ccccc1OCCCn1ccnc1)c1nc2ccccc2o1. The van der Waals surface area contributed by atoms with Crippen LogP contribution in [0.25, 0.3) is 23.3 Å². The van der Waals surface area contributed by atoms with Gasteiger partial charge < -0.3 is 13.7 Å². The van der Waals surface area contributed by atoms with E-state index in [1.807, 2.05) is 77.8 Å². The minimum absolute atomic E-state index is 0.584. The molecular formula is C21H19N3O2. The molecule has 0 radical (unpaired) electrons. The summed E-state index contributed by atoms with van der Waals surface area (Å²) in [5, 5.41) is 0. The molecular weight excluding hydrogens is 326 g/mol. The summed E-state index contributed by atoms with van der Waals surface area (Å²) >= 11 is 0. The highest BCUT2D eigenvalue weighted by Gasteiger charge is 2.03. The van der Waals surface area contributed by atoms with Gasteiger partial charge >= 0.3 is 0 Å². The number of ether oxygens (including phenoxy) is 1. The van der Waals surface area contributed by atoms with E-state index in [1.54, 1.807) is 6.20 Å². The monoisotopic (exact) mass is 345 g/mol. The van der Waals surface area contributed by atoms with Crippen molar-refractivity contribution in [3.8, 4) is 5.75 Å². The molecule has 130 valence electrons. The van der Waals surface area contributed by atoms with Gasteiger partial charge in [-0.3, -0.25) is 0 Å². The van der Waals surface area contributed by atoms with Gasteiger partial charge in [0.25, 0.3) is 0 Å². The van der Waals surface area contributed by atoms with Crippen LogP contribution in [0.5, 0.6) is 5.75 Å². The highest BCUT2D eigenvalue weighted by Crippen LogP contribution is 2.22. The fraction of sp³-hybridized carbons (Fsp3) is 0.143. The van der Waals surface area contributed by atoms with Crippen LogP contribution >= 0.6 is 0 Å². The fourth-order valence-electron chi connectivity index (χ4n) is 2.72. The molecule has 4 rings (SSSR count). The van der Waals surface area contributed by atoms with Gasteiger partial charge in [0, 0.05) is 30.6 Å². The predicted octanol–water partition coefficient (Wildman–Crippen LogP) is 4.66. The van der Waals surface area contributed by atoms with Crippen LogP contribution in [0.15, 0.2) is 71.7 Å². The molecule has 0 unspecified atom stereocenters. The summed E-state index contributed by atoms with van der Waals surface area (Å²) in [5.74, 6) is 1.44. The summed E-state index contributed by atoms with van der Waals surface area (Å²) < 4.78 is 13.7. The smallest absolute Gasteiger partial charge is 0.220 e. The van der Waals surface area contributed by atoms with Gasteiger partial charge in [0.2, 0.25) is 5.89 Å². The maximum Gasteiger partial charge on any atom is 0.220 e. The van der Waals surface area contributed by atoms with Crippen LogP contribution in [0.2, 0.25) is 0 Å². The minimum Gasteiger partial charge on any atom is -0.493 e. The van der Waals surface area contributed by atoms with E-state index in [9.17, 15) is 0 Å². The maximum atomic E-state index is 5.95. The summed E-state index contributed by atoms with van der Waals surface area (Å²) in [6.45, 7) is 1.53. The van der Waals surface area contributed by atoms with Crippen molar-refractivity contribution in [2.75, 3.05) is 6.61 Å². The molecule has 5 heteroatoms. The first-order valence-corrected chi connectivity index (χ1v) is 8.60. The Morgan fingerprint density at radius 2 is 1.92 bits per heavy atom. The zero-order valence-electron chi connectivity index (χ0n) is 14.3. The maximum absolute atomic E-state index is 5.95. The first kappa shape index (κ1) is 16.1. The van der Waals surface area contributed by atoms with Crippen molar-refractivity contribution in [1.29, 1.82) is 0 Å². The quantitative estimate of drug-likeness (QED) is 0.457. The van der Waals surface area contributed by atoms with Crippen LogP contribution in [0.3, 0.4) is 0 Å². The summed E-state index contributed by atoms with van der Waals surface area (Å²) in [6, 6.07) is 15.7. The van der Waals surface area contributed by atoms with Crippen molar-refractivity contribution in [3.63, 3.8) is 0 Å². The van der Waals surface area contributed by atoms with Crippen LogP contribution in [-0.2, 0) is 6.54 Å². The van der Waals surface area contributed by atoms with Gasteiger partial charge in [-0.1, -0.05) is 30.3 Å². The molecule has 26 heavy (non-hydrogen) atoms. The number of aromatic nitrogens is 3. The van der Waals surface area contributed by atoms with Gasteiger partial charge in [-0.25, -0.2) is 9.97 Å². The first-order chi connectivity index (χ1) is 12.9. The molecule has 0 spiro atoms. The number of hydrogen-bond donors (Lipinski definition) is 0. The molecule has 0 aliphatic heterocycles. The standard InChI is InChI=1S/C21H19N3O2/c1-3-8-19(25-15-5-13-24-14-12-22-16-24)17(6-1)10-11-21-23-18-7-2-4-9-20(18)26-21/h1-4,6-12,14,16H,5,13,15H2. The summed E-state index contributed by atoms with van der Waals surface area (Å²) in [4.78, 5) is 8.50. The lowest BCUT2D eigenvalue weighted by Crippen LogP contribution is -2.03. The van der Waals surface area contributed by atoms with Gasteiger partial charge in [-0.05, 0) is 30.7 Å². The number of rotatable bonds is 7. The molecule has 0 saturated heterocycles. The van der Waals surface area contributed by atoms with Crippen molar-refractivity contribution in [2.24, 2.45) is 0 Å². The third-order valence-corrected chi connectivity index (χ3v) is 4.01. The lowest BCUT2D eigenvalue weighted by Gasteiger charge is -2.09. The van der Waals surface area contributed by atoms with Crippen LogP contribution in [0.4, 0.5) is 0 Å². The molecule has 0 saturated carbocycles. The number of benzene rings is 2. The van der Waals surface area contributed by atoms with Crippen molar-refractivity contribution in [1.82, 2.24) is 14.5 Å². The van der Waals surface area contributed by atoms with Crippen molar-refractivity contribution >= 4 is 23.3 Å². The normalized spacial score (nSPS) is 11.4. The third kappa shape index (κ3) is 3.83. The Kier molecular flexibility index (Phi) is 4.78. The molecule has 0 aliphatic carbocycles. The Hall–Kier alpha value is -3.34. The van der Waals surface area contributed by atoms with E-state index in [2.05, 4.69) is 9.97 Å². The molecule has 0 aliphatic rings. The second-order valence-corrected chi connectivity index (χ2v) is 5.89. The molecule has 2 heterocycles. The average Bonchev–Trinajstić information content (AvgIpc) is 3.33. The fourth-order valence-corrected chi connectivity index (χ4v) is 2.72. The predicted molar refractivity (Wildman–Crippen MR) is 102 cm³/mol. The van der Waals surface area contributed by atoms with Gasteiger partial charge in [0.15, 0.2) is 5.58 Å². The van der Waals surface area contributed by atoms with E-state index in [0.717, 1.165) is 35.4 Å². The van der Waals surface area contributed by atoms with Gasteiger partial charge in [0.05, 0.1) is 12.9 Å². The van der Waals surface area contributed by atoms with Crippen molar-refractivity contribution < 1.29 is 9.15 Å². The molecule has 2 aromatic heterocycles. The largest absolute Gasteiger partial charge is 0.493 e. The molecule has 0 N–H and O–H groups in total. The second kappa shape index (κ2) is 7.70. The number of hydrogen-bond acceptors (Lipinski definition) is 4. The van der Waals surface area contributed by atoms with E-state index in [1.165, 1.54) is 0 Å². The van der Waals surface area contributed by atoms with Crippen LogP contribution in [0.1, 0.15) is 17.9 Å². The summed E-state index contributed by atoms with van der Waals surface area (Å²) in [6.07, 6.45) is 10.3. The van der Waals surface area contributed by atoms with Gasteiger partial charge in [-0.15, -0.1) is 0 Å². The van der Waals surface area contributed by atoms with Crippen molar-refractivity contribution in [3.05, 3.63) is 78.7 Å². The van der Waals surface area contributed by atoms with E-state index in [0.29, 0.717) is 12.5 Å². The molecule has 0 bridgehead atoms. The second-order valence-electron chi connectivity index (χ2n) is 5.89. The van der Waals surface area contributed by atoms with Crippen LogP contribution < -0.4 is 4.74 Å². The Morgan fingerprint density at radius 3 is 2.81 bits per heavy atom. The average molecular weight is 345 g/mol. The van der Waals surface area contributed by atoms with E-state index < -0.39 is 0 Å². The highest BCUT2D eigenvalue weighted by molar-refractivity contribution is 5.76. The summed E-state index contributed by atoms with van der Waals surface area (Å²) in [7, 11) is 0. The Labute approximate surface area is 151 Å². The van der Waals surface area contributed by atoms with Crippen LogP contribution in [-0.4, -0.2) is 21.1 Å². The number of oxazole rings is 1. The third-order valence-electron chi connectivity index (χ3n) is 4.01. The number of nitrogens with zero attached hydrogens (tertiary/aromatic N) is 3. The van der Waals surface area contributed by atoms with E-state index in [-0.39, 0.29) is 0 Å². The van der Waals surface area contributed by atoms with Crippen LogP contribution in [0, 0.1) is 0 Å². The summed E-state index contributed by atoms with van der Waals surface area (Å²) in [5.41, 5.74) is 2.64. The zero-order chi connectivity index (χ0) is 17.6. The molecule has 0 amide bonds. The number of para-hydroxylation sites is 3. The molecule has 2 aromatic carbocycles. The molecule has 0 atom stereocenters. The zero-order valence-corrected chi connectivity index (χ0v) is 14.3. The lowest BCUT2D eigenvalue weighted by molar-refractivity contribution is 0.301. The highest BCUT2D eigenvalue weighted by atomic mass is 16.5. The van der Waals surface area contributed by atoms with E-state index >= 15 is 0 Å². The van der Waals surface area contributed by atoms with Crippen molar-refractivity contribution in [2.45, 2.75) is 13.0 Å². The Balaban J connectivity index is 1.41. The number of imidazole rings is 1. The molecule has 0 fully saturated rings. The first-order valence-electron chi connectivity index (χ1n) is 8.60. The van der Waals surface area contributed by atoms with Gasteiger partial charge in [-0.2, -0.15) is 0 Å². The molecule has 4 aromatic rings. The Bertz CT molecular complexity index is 970. The van der Waals surface area contributed by atoms with E-state index in [4.69, 9.17) is 9.15 Å². The van der Waals surface area contributed by atoms with Gasteiger partial charge in [0.1, 0.15) is 11.3 Å². The minimum atomic E-state index is 0.584.